The van der Waals surface area contributed by atoms with Crippen LogP contribution < -0.4 is 5.32 Å². The van der Waals surface area contributed by atoms with Crippen molar-refractivity contribution < 1.29 is 9.53 Å². The average molecular weight is 342 g/mol. The Bertz CT molecular complexity index is 900. The summed E-state index contributed by atoms with van der Waals surface area (Å²) in [6.45, 7) is 0.780. The van der Waals surface area contributed by atoms with Crippen LogP contribution in [0.15, 0.2) is 42.5 Å². The fraction of sp³-hybridized carbons (Fsp3) is 0.222. The number of anilines is 1. The van der Waals surface area contributed by atoms with Gasteiger partial charge in [-0.3, -0.25) is 4.79 Å². The van der Waals surface area contributed by atoms with Crippen molar-refractivity contribution >= 4 is 34.2 Å². The Morgan fingerprint density at radius 3 is 3.00 bits per heavy atom. The summed E-state index contributed by atoms with van der Waals surface area (Å²) in [5.41, 5.74) is 2.97. The second kappa shape index (κ2) is 6.26. The number of benzene rings is 2. The maximum Gasteiger partial charge on any atom is 0.255 e. The van der Waals surface area contributed by atoms with Gasteiger partial charge in [0, 0.05) is 22.9 Å². The van der Waals surface area contributed by atoms with Crippen molar-refractivity contribution in [1.82, 2.24) is 9.97 Å². The van der Waals surface area contributed by atoms with Crippen molar-refractivity contribution in [3.05, 3.63) is 58.9 Å². The van der Waals surface area contributed by atoms with Crippen LogP contribution in [-0.2, 0) is 4.74 Å². The summed E-state index contributed by atoms with van der Waals surface area (Å²) in [7, 11) is 0. The summed E-state index contributed by atoms with van der Waals surface area (Å²) in [5.74, 6) is 0.650. The molecule has 6 heteroatoms. The molecule has 1 fully saturated rings. The van der Waals surface area contributed by atoms with Crippen molar-refractivity contribution in [2.45, 2.75) is 18.9 Å². The number of fused-ring (bicyclic) bond motifs is 1. The fourth-order valence-electron chi connectivity index (χ4n) is 2.89. The van der Waals surface area contributed by atoms with Gasteiger partial charge in [-0.25, -0.2) is 4.98 Å². The summed E-state index contributed by atoms with van der Waals surface area (Å²) in [5, 5.41) is 3.41. The second-order valence-electron chi connectivity index (χ2n) is 5.82. The van der Waals surface area contributed by atoms with Crippen molar-refractivity contribution in [3.8, 4) is 0 Å². The summed E-state index contributed by atoms with van der Waals surface area (Å²) in [4.78, 5) is 20.2. The molecule has 0 radical (unpaired) electrons. The smallest absolute Gasteiger partial charge is 0.255 e. The van der Waals surface area contributed by atoms with Gasteiger partial charge in [-0.1, -0.05) is 17.7 Å². The number of hydrogen-bond donors (Lipinski definition) is 2. The number of nitrogens with zero attached hydrogens (tertiary/aromatic N) is 1. The number of nitrogens with one attached hydrogen (secondary N) is 2. The number of carbonyl (C=O) groups is 1. The lowest BCUT2D eigenvalue weighted by molar-refractivity contribution is 0.102. The molecule has 1 amide bonds. The van der Waals surface area contributed by atoms with Gasteiger partial charge in [0.15, 0.2) is 0 Å². The van der Waals surface area contributed by atoms with Gasteiger partial charge in [0.25, 0.3) is 5.91 Å². The molecule has 3 aromatic rings. The molecule has 4 rings (SSSR count). The van der Waals surface area contributed by atoms with E-state index in [0.29, 0.717) is 16.3 Å². The van der Waals surface area contributed by atoms with Crippen molar-refractivity contribution in [2.24, 2.45) is 0 Å². The van der Waals surface area contributed by atoms with Gasteiger partial charge in [-0.05, 0) is 49.2 Å². The topological polar surface area (TPSA) is 67.0 Å². The van der Waals surface area contributed by atoms with Crippen LogP contribution in [0.5, 0.6) is 0 Å². The van der Waals surface area contributed by atoms with E-state index in [-0.39, 0.29) is 12.0 Å². The Morgan fingerprint density at radius 1 is 1.29 bits per heavy atom. The number of carbonyl (C=O) groups excluding carboxylic acids is 1. The van der Waals surface area contributed by atoms with Crippen LogP contribution in [-0.4, -0.2) is 22.5 Å². The molecule has 2 heterocycles. The third-order valence-corrected chi connectivity index (χ3v) is 4.31. The van der Waals surface area contributed by atoms with Gasteiger partial charge in [-0.2, -0.15) is 0 Å². The van der Waals surface area contributed by atoms with Crippen LogP contribution in [0.2, 0.25) is 5.02 Å². The first-order valence-electron chi connectivity index (χ1n) is 7.87. The molecule has 2 aromatic carbocycles. The third-order valence-electron chi connectivity index (χ3n) is 4.08. The number of rotatable bonds is 3. The predicted molar refractivity (Wildman–Crippen MR) is 93.4 cm³/mol. The highest BCUT2D eigenvalue weighted by molar-refractivity contribution is 6.31. The van der Waals surface area contributed by atoms with E-state index in [1.54, 1.807) is 24.3 Å². The Hall–Kier alpha value is -2.37. The molecule has 1 saturated heterocycles. The normalized spacial score (nSPS) is 17.3. The fourth-order valence-corrected chi connectivity index (χ4v) is 3.08. The highest BCUT2D eigenvalue weighted by atomic mass is 35.5. The number of aromatic nitrogens is 2. The molecule has 1 aliphatic heterocycles. The Labute approximate surface area is 144 Å². The first kappa shape index (κ1) is 15.2. The molecule has 0 bridgehead atoms. The number of imidazole rings is 1. The summed E-state index contributed by atoms with van der Waals surface area (Å²) < 4.78 is 5.66. The van der Waals surface area contributed by atoms with Crippen LogP contribution in [0.25, 0.3) is 11.0 Å². The molecule has 0 unspecified atom stereocenters. The largest absolute Gasteiger partial charge is 0.370 e. The van der Waals surface area contributed by atoms with Gasteiger partial charge in [0.1, 0.15) is 11.9 Å². The lowest BCUT2D eigenvalue weighted by Gasteiger charge is -2.05. The zero-order valence-electron chi connectivity index (χ0n) is 12.9. The van der Waals surface area contributed by atoms with E-state index in [1.165, 1.54) is 0 Å². The SMILES string of the molecule is O=C(Nc1ccc2nc([C@@H]3CCCO3)[nH]c2c1)c1cccc(Cl)c1. The van der Waals surface area contributed by atoms with E-state index in [2.05, 4.69) is 15.3 Å². The summed E-state index contributed by atoms with van der Waals surface area (Å²) in [6.07, 6.45) is 2.09. The molecule has 24 heavy (non-hydrogen) atoms. The standard InChI is InChI=1S/C18H16ClN3O2/c19-12-4-1-3-11(9-12)18(23)20-13-6-7-14-15(10-13)22-17(21-14)16-5-2-8-24-16/h1,3-4,6-7,9-10,16H,2,5,8H2,(H,20,23)(H,21,22)/t16-/m0/s1. The Kier molecular flexibility index (Phi) is 3.96. The minimum atomic E-state index is -0.198. The molecule has 0 spiro atoms. The summed E-state index contributed by atoms with van der Waals surface area (Å²) in [6, 6.07) is 12.5. The van der Waals surface area contributed by atoms with Crippen molar-refractivity contribution in [2.75, 3.05) is 11.9 Å². The number of halogens is 1. The number of ether oxygens (including phenoxy) is 1. The van der Waals surface area contributed by atoms with Crippen molar-refractivity contribution in [3.63, 3.8) is 0 Å². The van der Waals surface area contributed by atoms with Gasteiger partial charge in [-0.15, -0.1) is 0 Å². The van der Waals surface area contributed by atoms with Crippen LogP contribution in [0.4, 0.5) is 5.69 Å². The molecule has 1 aliphatic rings. The zero-order valence-corrected chi connectivity index (χ0v) is 13.6. The molecule has 1 atom stereocenters. The summed E-state index contributed by atoms with van der Waals surface area (Å²) >= 11 is 5.93. The maximum atomic E-state index is 12.3. The van der Waals surface area contributed by atoms with Gasteiger partial charge < -0.3 is 15.0 Å². The van der Waals surface area contributed by atoms with Crippen LogP contribution in [0.1, 0.15) is 35.1 Å². The van der Waals surface area contributed by atoms with Crippen molar-refractivity contribution in [1.29, 1.82) is 0 Å². The first-order valence-corrected chi connectivity index (χ1v) is 8.25. The molecule has 2 N–H and O–H groups in total. The lowest BCUT2D eigenvalue weighted by Crippen LogP contribution is -2.11. The molecular formula is C18H16ClN3O2. The van der Waals surface area contributed by atoms with E-state index < -0.39 is 0 Å². The number of aromatic amines is 1. The molecule has 122 valence electrons. The van der Waals surface area contributed by atoms with Crippen LogP contribution in [0, 0.1) is 0 Å². The number of H-pyrrole nitrogens is 1. The van der Waals surface area contributed by atoms with Crippen LogP contribution >= 0.6 is 11.6 Å². The second-order valence-corrected chi connectivity index (χ2v) is 6.26. The number of amides is 1. The molecular weight excluding hydrogens is 326 g/mol. The van der Waals surface area contributed by atoms with Gasteiger partial charge in [0.05, 0.1) is 11.0 Å². The number of hydrogen-bond acceptors (Lipinski definition) is 3. The third kappa shape index (κ3) is 3.00. The van der Waals surface area contributed by atoms with E-state index in [4.69, 9.17) is 16.3 Å². The predicted octanol–water partition coefficient (Wildman–Crippen LogP) is 4.32. The monoisotopic (exact) mass is 341 g/mol. The first-order chi connectivity index (χ1) is 11.7. The molecule has 5 nitrogen and oxygen atoms in total. The van der Waals surface area contributed by atoms with E-state index >= 15 is 0 Å². The Balaban J connectivity index is 1.57. The van der Waals surface area contributed by atoms with E-state index in [1.807, 2.05) is 18.2 Å². The van der Waals surface area contributed by atoms with Crippen LogP contribution in [0.3, 0.4) is 0 Å². The highest BCUT2D eigenvalue weighted by Gasteiger charge is 2.21. The molecule has 0 aliphatic carbocycles. The zero-order chi connectivity index (χ0) is 16.5. The quantitative estimate of drug-likeness (QED) is 0.745. The molecule has 0 saturated carbocycles. The van der Waals surface area contributed by atoms with E-state index in [9.17, 15) is 4.79 Å². The Morgan fingerprint density at radius 2 is 2.21 bits per heavy atom. The molecule has 1 aromatic heterocycles. The lowest BCUT2D eigenvalue weighted by atomic mass is 10.2. The minimum Gasteiger partial charge on any atom is -0.370 e. The highest BCUT2D eigenvalue weighted by Crippen LogP contribution is 2.28. The van der Waals surface area contributed by atoms with E-state index in [0.717, 1.165) is 36.3 Å². The van der Waals surface area contributed by atoms with Gasteiger partial charge in [0.2, 0.25) is 0 Å². The van der Waals surface area contributed by atoms with Gasteiger partial charge >= 0.3 is 0 Å². The average Bonchev–Trinajstić information content (AvgIpc) is 3.23. The maximum absolute atomic E-state index is 12.3. The minimum absolute atomic E-state index is 0.0434.